The molecule has 2 aromatic rings. The molecule has 0 aliphatic carbocycles. The van der Waals surface area contributed by atoms with Crippen LogP contribution in [0.5, 0.6) is 0 Å². The lowest BCUT2D eigenvalue weighted by Crippen LogP contribution is -2.32. The lowest BCUT2D eigenvalue weighted by Gasteiger charge is -2.17. The Bertz CT molecular complexity index is 678. The molecule has 0 bridgehead atoms. The van der Waals surface area contributed by atoms with Crippen LogP contribution in [0.15, 0.2) is 18.6 Å². The summed E-state index contributed by atoms with van der Waals surface area (Å²) in [6.45, 7) is 4.29. The molecule has 0 spiro atoms. The number of ether oxygens (including phenoxy) is 1. The SMILES string of the molecule is CC(C)CSC[C@H]1OC(n2cnc3c(N)nccc32)[C@H](O)[C@@H]1O. The van der Waals surface area contributed by atoms with Crippen LogP contribution in [-0.4, -0.2) is 54.6 Å². The number of hydrogen-bond donors (Lipinski definition) is 3. The quantitative estimate of drug-likeness (QED) is 0.747. The van der Waals surface area contributed by atoms with E-state index in [0.717, 1.165) is 11.3 Å². The second-order valence-corrected chi connectivity index (χ2v) is 7.27. The van der Waals surface area contributed by atoms with Gasteiger partial charge in [0, 0.05) is 11.9 Å². The molecule has 0 radical (unpaired) electrons. The minimum absolute atomic E-state index is 0.332. The Kier molecular flexibility index (Phi) is 4.77. The minimum atomic E-state index is -1.01. The van der Waals surface area contributed by atoms with Gasteiger partial charge in [-0.1, -0.05) is 13.8 Å². The van der Waals surface area contributed by atoms with Crippen molar-refractivity contribution in [1.29, 1.82) is 0 Å². The van der Waals surface area contributed by atoms with Gasteiger partial charge in [0.05, 0.1) is 17.9 Å². The van der Waals surface area contributed by atoms with E-state index < -0.39 is 24.5 Å². The summed E-state index contributed by atoms with van der Waals surface area (Å²) in [5, 5.41) is 20.6. The highest BCUT2D eigenvalue weighted by Crippen LogP contribution is 2.33. The molecule has 23 heavy (non-hydrogen) atoms. The molecule has 126 valence electrons. The molecule has 0 aromatic carbocycles. The molecule has 7 nitrogen and oxygen atoms in total. The molecule has 0 saturated carbocycles. The number of nitrogens with zero attached hydrogens (tertiary/aromatic N) is 3. The van der Waals surface area contributed by atoms with Crippen molar-refractivity contribution in [2.45, 2.75) is 38.4 Å². The van der Waals surface area contributed by atoms with Crippen molar-refractivity contribution in [1.82, 2.24) is 14.5 Å². The summed E-state index contributed by atoms with van der Waals surface area (Å²) in [4.78, 5) is 8.23. The molecule has 1 aliphatic rings. The Labute approximate surface area is 138 Å². The van der Waals surface area contributed by atoms with Crippen LogP contribution in [0, 0.1) is 5.92 Å². The first-order valence-corrected chi connectivity index (χ1v) is 8.81. The van der Waals surface area contributed by atoms with E-state index in [4.69, 9.17) is 10.5 Å². The highest BCUT2D eigenvalue weighted by molar-refractivity contribution is 7.99. The van der Waals surface area contributed by atoms with Gasteiger partial charge in [-0.25, -0.2) is 9.97 Å². The molecule has 1 unspecified atom stereocenters. The number of fused-ring (bicyclic) bond motifs is 1. The number of rotatable bonds is 5. The molecule has 1 aliphatic heterocycles. The normalized spacial score (nSPS) is 28.0. The van der Waals surface area contributed by atoms with Gasteiger partial charge in [0.2, 0.25) is 0 Å². The number of thioether (sulfide) groups is 1. The number of aromatic nitrogens is 3. The smallest absolute Gasteiger partial charge is 0.164 e. The van der Waals surface area contributed by atoms with E-state index in [0.29, 0.717) is 23.0 Å². The average molecular weight is 338 g/mol. The van der Waals surface area contributed by atoms with E-state index in [-0.39, 0.29) is 0 Å². The highest BCUT2D eigenvalue weighted by Gasteiger charge is 2.43. The molecule has 2 aromatic heterocycles. The average Bonchev–Trinajstić information content (AvgIpc) is 3.04. The monoisotopic (exact) mass is 338 g/mol. The fourth-order valence-corrected chi connectivity index (χ4v) is 3.82. The van der Waals surface area contributed by atoms with Crippen molar-refractivity contribution < 1.29 is 14.9 Å². The minimum Gasteiger partial charge on any atom is -0.387 e. The number of imidazole rings is 1. The molecule has 4 N–H and O–H groups in total. The van der Waals surface area contributed by atoms with Gasteiger partial charge in [0.1, 0.15) is 17.7 Å². The van der Waals surface area contributed by atoms with E-state index in [1.165, 1.54) is 0 Å². The van der Waals surface area contributed by atoms with Gasteiger partial charge in [0.15, 0.2) is 12.0 Å². The van der Waals surface area contributed by atoms with Crippen LogP contribution in [-0.2, 0) is 4.74 Å². The van der Waals surface area contributed by atoms with Crippen LogP contribution in [0.3, 0.4) is 0 Å². The van der Waals surface area contributed by atoms with Crippen LogP contribution >= 0.6 is 11.8 Å². The number of hydrogen-bond acceptors (Lipinski definition) is 7. The summed E-state index contributed by atoms with van der Waals surface area (Å²) in [6.07, 6.45) is 0.135. The second kappa shape index (κ2) is 6.64. The lowest BCUT2D eigenvalue weighted by molar-refractivity contribution is -0.0285. The molecule has 4 atom stereocenters. The highest BCUT2D eigenvalue weighted by atomic mass is 32.2. The predicted octanol–water partition coefficient (Wildman–Crippen LogP) is 1.02. The van der Waals surface area contributed by atoms with E-state index in [1.54, 1.807) is 34.9 Å². The van der Waals surface area contributed by atoms with Gasteiger partial charge in [-0.3, -0.25) is 0 Å². The van der Waals surface area contributed by atoms with Crippen LogP contribution in [0.1, 0.15) is 20.1 Å². The van der Waals surface area contributed by atoms with Crippen LogP contribution in [0.4, 0.5) is 5.82 Å². The van der Waals surface area contributed by atoms with Crippen molar-refractivity contribution in [2.24, 2.45) is 5.92 Å². The van der Waals surface area contributed by atoms with Crippen LogP contribution < -0.4 is 5.73 Å². The zero-order valence-corrected chi connectivity index (χ0v) is 14.0. The summed E-state index contributed by atoms with van der Waals surface area (Å²) in [5.74, 6) is 2.54. The van der Waals surface area contributed by atoms with Crippen LogP contribution in [0.2, 0.25) is 0 Å². The molecular formula is C15H22N4O3S. The lowest BCUT2D eigenvalue weighted by atomic mass is 10.1. The molecular weight excluding hydrogens is 316 g/mol. The number of aliphatic hydroxyl groups is 2. The maximum Gasteiger partial charge on any atom is 0.164 e. The summed E-state index contributed by atoms with van der Waals surface area (Å²) in [7, 11) is 0. The Morgan fingerprint density at radius 2 is 2.13 bits per heavy atom. The molecule has 3 rings (SSSR count). The summed E-state index contributed by atoms with van der Waals surface area (Å²) >= 11 is 1.72. The van der Waals surface area contributed by atoms with Crippen molar-refractivity contribution >= 4 is 28.6 Å². The van der Waals surface area contributed by atoms with Gasteiger partial charge in [-0.2, -0.15) is 11.8 Å². The van der Waals surface area contributed by atoms with Gasteiger partial charge in [0.25, 0.3) is 0 Å². The Morgan fingerprint density at radius 3 is 2.87 bits per heavy atom. The van der Waals surface area contributed by atoms with Gasteiger partial charge >= 0.3 is 0 Å². The molecule has 3 heterocycles. The van der Waals surface area contributed by atoms with Crippen molar-refractivity contribution in [3.05, 3.63) is 18.6 Å². The van der Waals surface area contributed by atoms with Crippen LogP contribution in [0.25, 0.3) is 11.0 Å². The predicted molar refractivity (Wildman–Crippen MR) is 90.0 cm³/mol. The van der Waals surface area contributed by atoms with E-state index in [1.807, 2.05) is 0 Å². The number of anilines is 1. The first-order chi connectivity index (χ1) is 11.0. The van der Waals surface area contributed by atoms with Crippen molar-refractivity contribution in [2.75, 3.05) is 17.2 Å². The molecule has 0 amide bonds. The molecule has 1 saturated heterocycles. The molecule has 8 heteroatoms. The first-order valence-electron chi connectivity index (χ1n) is 7.65. The topological polar surface area (TPSA) is 106 Å². The Hall–Kier alpha value is -1.35. The third-order valence-corrected chi connectivity index (χ3v) is 5.33. The standard InChI is InChI=1S/C15H22N4O3S/c1-8(2)5-23-6-10-12(20)13(21)15(22-10)19-7-18-11-9(19)3-4-17-14(11)16/h3-4,7-8,10,12-13,15,20-21H,5-6H2,1-2H3,(H2,16,17)/t10-,12-,13-,15?/m1/s1. The fraction of sp³-hybridized carbons (Fsp3) is 0.600. The summed E-state index contributed by atoms with van der Waals surface area (Å²) in [5.41, 5.74) is 7.10. The molecule has 1 fully saturated rings. The number of nitrogens with two attached hydrogens (primary N) is 1. The zero-order valence-electron chi connectivity index (χ0n) is 13.2. The van der Waals surface area contributed by atoms with Gasteiger partial charge in [-0.15, -0.1) is 0 Å². The Morgan fingerprint density at radius 1 is 1.35 bits per heavy atom. The summed E-state index contributed by atoms with van der Waals surface area (Å²) < 4.78 is 7.60. The maximum atomic E-state index is 10.4. The third kappa shape index (κ3) is 3.16. The number of pyridine rings is 1. The van der Waals surface area contributed by atoms with Gasteiger partial charge in [-0.05, 0) is 17.7 Å². The summed E-state index contributed by atoms with van der Waals surface area (Å²) in [6, 6.07) is 1.77. The van der Waals surface area contributed by atoms with Crippen molar-refractivity contribution in [3.63, 3.8) is 0 Å². The number of aliphatic hydroxyl groups excluding tert-OH is 2. The van der Waals surface area contributed by atoms with E-state index >= 15 is 0 Å². The van der Waals surface area contributed by atoms with Crippen molar-refractivity contribution in [3.8, 4) is 0 Å². The van der Waals surface area contributed by atoms with Gasteiger partial charge < -0.3 is 25.3 Å². The largest absolute Gasteiger partial charge is 0.387 e. The second-order valence-electron chi connectivity index (χ2n) is 6.19. The van der Waals surface area contributed by atoms with E-state index in [2.05, 4.69) is 23.8 Å². The number of nitrogen functional groups attached to an aromatic ring is 1. The maximum absolute atomic E-state index is 10.4. The van der Waals surface area contributed by atoms with E-state index in [9.17, 15) is 10.2 Å². The Balaban J connectivity index is 1.78. The fourth-order valence-electron chi connectivity index (χ4n) is 2.70. The zero-order chi connectivity index (χ0) is 16.6. The third-order valence-electron chi connectivity index (χ3n) is 3.87. The first kappa shape index (κ1) is 16.5.